The van der Waals surface area contributed by atoms with E-state index in [0.29, 0.717) is 17.4 Å². The Balaban J connectivity index is 2.21. The second kappa shape index (κ2) is 8.42. The first-order valence-electron chi connectivity index (χ1n) is 11.4. The maximum absolute atomic E-state index is 10.4. The number of hydrogen-bond acceptors (Lipinski definition) is 2. The van der Waals surface area contributed by atoms with Gasteiger partial charge in [0, 0.05) is 5.41 Å². The molecule has 1 aliphatic rings. The Hall–Kier alpha value is -1.96. The third kappa shape index (κ3) is 4.47. The van der Waals surface area contributed by atoms with Crippen LogP contribution in [0, 0.1) is 11.3 Å². The highest BCUT2D eigenvalue weighted by Gasteiger charge is 2.45. The quantitative estimate of drug-likeness (QED) is 0.547. The third-order valence-electron chi connectivity index (χ3n) is 6.68. The van der Waals surface area contributed by atoms with E-state index in [2.05, 4.69) is 58.9 Å². The van der Waals surface area contributed by atoms with E-state index in [1.165, 1.54) is 17.5 Å². The van der Waals surface area contributed by atoms with Crippen LogP contribution in [0.4, 0.5) is 0 Å². The molecule has 2 N–H and O–H groups in total. The highest BCUT2D eigenvalue weighted by Crippen LogP contribution is 2.54. The molecule has 2 aromatic rings. The fourth-order valence-electron chi connectivity index (χ4n) is 5.88. The van der Waals surface area contributed by atoms with Crippen molar-refractivity contribution in [2.45, 2.75) is 85.0 Å². The average Bonchev–Trinajstić information content (AvgIpc) is 2.64. The molecule has 1 fully saturated rings. The molecular formula is C27H38O2. The summed E-state index contributed by atoms with van der Waals surface area (Å²) in [7, 11) is 0. The van der Waals surface area contributed by atoms with Crippen LogP contribution in [0.15, 0.2) is 36.4 Å². The lowest BCUT2D eigenvalue weighted by molar-refractivity contribution is 0.126. The summed E-state index contributed by atoms with van der Waals surface area (Å²) in [6.45, 7) is 11.5. The highest BCUT2D eigenvalue weighted by molar-refractivity contribution is 5.49. The molecule has 1 saturated carbocycles. The summed E-state index contributed by atoms with van der Waals surface area (Å²) in [6.07, 6.45) is 7.24. The van der Waals surface area contributed by atoms with Crippen LogP contribution in [-0.2, 0) is 18.3 Å². The molecular weight excluding hydrogens is 356 g/mol. The number of hydrogen-bond donors (Lipinski definition) is 2. The number of benzene rings is 2. The number of phenols is 2. The van der Waals surface area contributed by atoms with Crippen LogP contribution in [0.25, 0.3) is 0 Å². The van der Waals surface area contributed by atoms with Gasteiger partial charge in [0.25, 0.3) is 0 Å². The van der Waals surface area contributed by atoms with E-state index in [9.17, 15) is 10.2 Å². The summed E-state index contributed by atoms with van der Waals surface area (Å²) < 4.78 is 0. The molecule has 0 bridgehead atoms. The van der Waals surface area contributed by atoms with Crippen LogP contribution in [0.2, 0.25) is 0 Å². The Bertz CT molecular complexity index is 794. The first kappa shape index (κ1) is 21.7. The minimum atomic E-state index is -0.0897. The van der Waals surface area contributed by atoms with Crippen molar-refractivity contribution in [1.29, 1.82) is 0 Å². The lowest BCUT2D eigenvalue weighted by atomic mass is 9.55. The second-order valence-electron chi connectivity index (χ2n) is 10.1. The van der Waals surface area contributed by atoms with Crippen molar-refractivity contribution in [2.75, 3.05) is 0 Å². The van der Waals surface area contributed by atoms with Gasteiger partial charge < -0.3 is 10.2 Å². The Morgan fingerprint density at radius 2 is 1.31 bits per heavy atom. The van der Waals surface area contributed by atoms with Crippen LogP contribution in [-0.4, -0.2) is 10.2 Å². The molecule has 0 spiro atoms. The molecule has 2 heteroatoms. The summed E-state index contributed by atoms with van der Waals surface area (Å²) in [5.41, 5.74) is 4.87. The number of aromatic hydroxyl groups is 2. The van der Waals surface area contributed by atoms with Gasteiger partial charge in [-0.15, -0.1) is 0 Å². The minimum absolute atomic E-state index is 0.0897. The van der Waals surface area contributed by atoms with Crippen molar-refractivity contribution in [3.8, 4) is 11.5 Å². The van der Waals surface area contributed by atoms with E-state index in [1.54, 1.807) is 0 Å². The molecule has 2 nitrogen and oxygen atoms in total. The Morgan fingerprint density at radius 3 is 1.72 bits per heavy atom. The fraction of sp³-hybridized carbons (Fsp3) is 0.556. The van der Waals surface area contributed by atoms with Gasteiger partial charge >= 0.3 is 0 Å². The van der Waals surface area contributed by atoms with Crippen LogP contribution in [0.1, 0.15) is 89.0 Å². The molecule has 0 aromatic heterocycles. The molecule has 1 unspecified atom stereocenters. The zero-order chi connectivity index (χ0) is 21.2. The maximum atomic E-state index is 10.4. The van der Waals surface area contributed by atoms with Crippen LogP contribution in [0.5, 0.6) is 11.5 Å². The number of aryl methyl sites for hydroxylation is 2. The van der Waals surface area contributed by atoms with Crippen molar-refractivity contribution >= 4 is 0 Å². The van der Waals surface area contributed by atoms with Crippen molar-refractivity contribution in [3.63, 3.8) is 0 Å². The zero-order valence-electron chi connectivity index (χ0n) is 18.9. The smallest absolute Gasteiger partial charge is 0.118 e. The van der Waals surface area contributed by atoms with Gasteiger partial charge in [-0.25, -0.2) is 0 Å². The molecule has 29 heavy (non-hydrogen) atoms. The van der Waals surface area contributed by atoms with Gasteiger partial charge in [0.05, 0.1) is 0 Å². The highest BCUT2D eigenvalue weighted by atomic mass is 16.3. The average molecular weight is 395 g/mol. The molecule has 2 aromatic carbocycles. The van der Waals surface area contributed by atoms with Gasteiger partial charge in [-0.05, 0) is 77.8 Å². The number of rotatable bonds is 6. The second-order valence-corrected chi connectivity index (χ2v) is 10.1. The van der Waals surface area contributed by atoms with Crippen LogP contribution < -0.4 is 0 Å². The van der Waals surface area contributed by atoms with E-state index < -0.39 is 0 Å². The first-order valence-corrected chi connectivity index (χ1v) is 11.4. The SMILES string of the molecule is CCCc1cc(C2(c3ccc(O)c(CCC)c3)CC(C)CC(C)(C)C2)ccc1O. The molecule has 0 radical (unpaired) electrons. The molecule has 0 heterocycles. The third-order valence-corrected chi connectivity index (χ3v) is 6.68. The lowest BCUT2D eigenvalue weighted by Crippen LogP contribution is -2.41. The standard InChI is InChI=1S/C27H38O2/c1-6-8-20-14-22(10-12-24(20)28)27(17-19(3)16-26(4,5)18-27)23-11-13-25(29)21(15-23)9-7-2/h10-15,19,28-29H,6-9,16-18H2,1-5H3. The van der Waals surface area contributed by atoms with Crippen molar-refractivity contribution in [1.82, 2.24) is 0 Å². The van der Waals surface area contributed by atoms with Gasteiger partial charge in [-0.2, -0.15) is 0 Å². The first-order chi connectivity index (χ1) is 13.7. The summed E-state index contributed by atoms with van der Waals surface area (Å²) in [5.74, 6) is 1.43. The van der Waals surface area contributed by atoms with Crippen molar-refractivity contribution in [3.05, 3.63) is 58.7 Å². The summed E-state index contributed by atoms with van der Waals surface area (Å²) >= 11 is 0. The normalized spacial score (nSPS) is 20.5. The van der Waals surface area contributed by atoms with Gasteiger partial charge in [-0.3, -0.25) is 0 Å². The van der Waals surface area contributed by atoms with Crippen molar-refractivity contribution < 1.29 is 10.2 Å². The molecule has 0 saturated heterocycles. The summed E-state index contributed by atoms with van der Waals surface area (Å²) in [5, 5.41) is 20.8. The molecule has 0 aliphatic heterocycles. The predicted molar refractivity (Wildman–Crippen MR) is 122 cm³/mol. The topological polar surface area (TPSA) is 40.5 Å². The van der Waals surface area contributed by atoms with Crippen LogP contribution >= 0.6 is 0 Å². The van der Waals surface area contributed by atoms with Crippen molar-refractivity contribution in [2.24, 2.45) is 11.3 Å². The predicted octanol–water partition coefficient (Wildman–Crippen LogP) is 7.14. The minimum Gasteiger partial charge on any atom is -0.508 e. The zero-order valence-corrected chi connectivity index (χ0v) is 18.9. The molecule has 1 aliphatic carbocycles. The molecule has 1 atom stereocenters. The summed E-state index contributed by atoms with van der Waals surface area (Å²) in [4.78, 5) is 0. The monoisotopic (exact) mass is 394 g/mol. The van der Waals surface area contributed by atoms with Gasteiger partial charge in [0.15, 0.2) is 0 Å². The van der Waals surface area contributed by atoms with Gasteiger partial charge in [0.1, 0.15) is 11.5 Å². The lowest BCUT2D eigenvalue weighted by Gasteiger charge is -2.49. The van der Waals surface area contributed by atoms with E-state index in [1.807, 2.05) is 12.1 Å². The molecule has 158 valence electrons. The van der Waals surface area contributed by atoms with Gasteiger partial charge in [0.2, 0.25) is 0 Å². The van der Waals surface area contributed by atoms with E-state index in [4.69, 9.17) is 0 Å². The molecule has 3 rings (SSSR count). The maximum Gasteiger partial charge on any atom is 0.118 e. The van der Waals surface area contributed by atoms with E-state index >= 15 is 0 Å². The molecule has 0 amide bonds. The Labute approximate surface area is 177 Å². The van der Waals surface area contributed by atoms with Crippen LogP contribution in [0.3, 0.4) is 0 Å². The fourth-order valence-corrected chi connectivity index (χ4v) is 5.88. The summed E-state index contributed by atoms with van der Waals surface area (Å²) in [6, 6.07) is 12.5. The van der Waals surface area contributed by atoms with E-state index in [0.717, 1.165) is 49.7 Å². The Morgan fingerprint density at radius 1 is 0.828 bits per heavy atom. The number of phenolic OH excluding ortho intramolecular Hbond substituents is 2. The Kier molecular flexibility index (Phi) is 6.31. The largest absolute Gasteiger partial charge is 0.508 e. The van der Waals surface area contributed by atoms with Gasteiger partial charge in [-0.1, -0.05) is 71.7 Å². The van der Waals surface area contributed by atoms with E-state index in [-0.39, 0.29) is 10.8 Å².